The number of anilines is 2. The van der Waals surface area contributed by atoms with Crippen LogP contribution in [0.1, 0.15) is 17.9 Å². The molecule has 3 aromatic rings. The SMILES string of the molecule is Cc1nn(CC(F)(F)F)c2nc(N3CCC4(CN(c5cnc(C(F)(F)F)nc5)C4)C3)cnc12. The van der Waals surface area contributed by atoms with Gasteiger partial charge in [-0.15, -0.1) is 0 Å². The minimum atomic E-state index is -4.59. The summed E-state index contributed by atoms with van der Waals surface area (Å²) in [7, 11) is 0. The number of rotatable bonds is 3. The highest BCUT2D eigenvalue weighted by molar-refractivity contribution is 5.75. The summed E-state index contributed by atoms with van der Waals surface area (Å²) in [5.74, 6) is -0.707. The van der Waals surface area contributed by atoms with Crippen molar-refractivity contribution in [2.24, 2.45) is 5.41 Å². The quantitative estimate of drug-likeness (QED) is 0.542. The zero-order chi connectivity index (χ0) is 23.6. The lowest BCUT2D eigenvalue weighted by atomic mass is 9.79. The number of alkyl halides is 6. The molecule has 33 heavy (non-hydrogen) atoms. The Hall–Kier alpha value is -3.19. The molecule has 5 rings (SSSR count). The van der Waals surface area contributed by atoms with Crippen molar-refractivity contribution in [3.8, 4) is 0 Å². The predicted octanol–water partition coefficient (Wildman–Crippen LogP) is 3.22. The molecule has 8 nitrogen and oxygen atoms in total. The van der Waals surface area contributed by atoms with E-state index in [0.717, 1.165) is 11.1 Å². The Kier molecular flexibility index (Phi) is 4.69. The largest absolute Gasteiger partial charge is 0.451 e. The first kappa shape index (κ1) is 21.6. The monoisotopic (exact) mass is 472 g/mol. The fraction of sp³-hybridized carbons (Fsp3) is 0.526. The second-order valence-corrected chi connectivity index (χ2v) is 8.55. The molecule has 0 bridgehead atoms. The van der Waals surface area contributed by atoms with E-state index in [1.807, 2.05) is 9.80 Å². The molecule has 0 aliphatic carbocycles. The molecule has 14 heteroatoms. The molecule has 0 amide bonds. The van der Waals surface area contributed by atoms with Gasteiger partial charge in [0.25, 0.3) is 0 Å². The van der Waals surface area contributed by atoms with Gasteiger partial charge in [0.2, 0.25) is 5.82 Å². The van der Waals surface area contributed by atoms with Gasteiger partial charge in [-0.3, -0.25) is 0 Å². The van der Waals surface area contributed by atoms with Crippen molar-refractivity contribution in [1.29, 1.82) is 0 Å². The number of aromatic nitrogens is 6. The molecule has 2 aliphatic rings. The third-order valence-corrected chi connectivity index (χ3v) is 6.00. The number of hydrogen-bond acceptors (Lipinski definition) is 7. The van der Waals surface area contributed by atoms with Crippen LogP contribution in [0.15, 0.2) is 18.6 Å². The Morgan fingerprint density at radius 1 is 0.939 bits per heavy atom. The molecule has 3 aromatic heterocycles. The first-order valence-electron chi connectivity index (χ1n) is 10.1. The Bertz CT molecular complexity index is 1180. The van der Waals surface area contributed by atoms with Crippen molar-refractivity contribution < 1.29 is 26.3 Å². The average molecular weight is 472 g/mol. The van der Waals surface area contributed by atoms with Gasteiger partial charge in [0.15, 0.2) is 5.65 Å². The van der Waals surface area contributed by atoms with Gasteiger partial charge < -0.3 is 9.80 Å². The number of aryl methyl sites for hydroxylation is 1. The highest BCUT2D eigenvalue weighted by Crippen LogP contribution is 2.43. The number of fused-ring (bicyclic) bond motifs is 1. The van der Waals surface area contributed by atoms with Crippen LogP contribution in [-0.2, 0) is 12.7 Å². The standard InChI is InChI=1S/C19H18F6N8/c1-11-14-15(33(30-11)10-18(20,21)22)29-13(6-26-14)31-3-2-17(7-31)8-32(9-17)12-4-27-16(28-5-12)19(23,24)25/h4-6H,2-3,7-10H2,1H3. The van der Waals surface area contributed by atoms with Crippen LogP contribution >= 0.6 is 0 Å². The van der Waals surface area contributed by atoms with E-state index in [0.29, 0.717) is 48.9 Å². The average Bonchev–Trinajstić information content (AvgIpc) is 3.27. The third-order valence-electron chi connectivity index (χ3n) is 6.00. The Morgan fingerprint density at radius 3 is 2.24 bits per heavy atom. The van der Waals surface area contributed by atoms with Crippen molar-refractivity contribution in [2.45, 2.75) is 32.2 Å². The second-order valence-electron chi connectivity index (χ2n) is 8.55. The number of hydrogen-bond donors (Lipinski definition) is 0. The molecule has 2 aliphatic heterocycles. The van der Waals surface area contributed by atoms with Crippen LogP contribution in [-0.4, -0.2) is 62.1 Å². The number of halogens is 6. The van der Waals surface area contributed by atoms with Crippen molar-refractivity contribution >= 4 is 22.7 Å². The minimum Gasteiger partial charge on any atom is -0.368 e. The molecule has 0 N–H and O–H groups in total. The molecule has 176 valence electrons. The smallest absolute Gasteiger partial charge is 0.368 e. The van der Waals surface area contributed by atoms with E-state index < -0.39 is 24.7 Å². The lowest BCUT2D eigenvalue weighted by Gasteiger charge is -2.49. The maximum absolute atomic E-state index is 12.9. The summed E-state index contributed by atoms with van der Waals surface area (Å²) in [6, 6.07) is 0. The molecule has 2 fully saturated rings. The van der Waals surface area contributed by atoms with Gasteiger partial charge >= 0.3 is 12.4 Å². The third kappa shape index (κ3) is 4.02. The van der Waals surface area contributed by atoms with Gasteiger partial charge in [0.1, 0.15) is 17.9 Å². The predicted molar refractivity (Wildman–Crippen MR) is 105 cm³/mol. The summed E-state index contributed by atoms with van der Waals surface area (Å²) >= 11 is 0. The second kappa shape index (κ2) is 7.15. The zero-order valence-electron chi connectivity index (χ0n) is 17.3. The van der Waals surface area contributed by atoms with Gasteiger partial charge in [-0.1, -0.05) is 0 Å². The van der Waals surface area contributed by atoms with Crippen molar-refractivity contribution in [2.75, 3.05) is 36.0 Å². The maximum atomic E-state index is 12.9. The van der Waals surface area contributed by atoms with E-state index in [1.165, 1.54) is 18.6 Å². The maximum Gasteiger partial charge on any atom is 0.451 e. The summed E-state index contributed by atoms with van der Waals surface area (Å²) in [6.45, 7) is 2.81. The van der Waals surface area contributed by atoms with Gasteiger partial charge in [-0.25, -0.2) is 24.6 Å². The van der Waals surface area contributed by atoms with Gasteiger partial charge in [-0.05, 0) is 13.3 Å². The molecular formula is C19H18F6N8. The lowest BCUT2D eigenvalue weighted by molar-refractivity contribution is -0.145. The number of nitrogens with zero attached hydrogens (tertiary/aromatic N) is 8. The van der Waals surface area contributed by atoms with Crippen molar-refractivity contribution in [3.63, 3.8) is 0 Å². The van der Waals surface area contributed by atoms with Gasteiger partial charge in [-0.2, -0.15) is 31.4 Å². The van der Waals surface area contributed by atoms with Crippen LogP contribution in [0.4, 0.5) is 37.8 Å². The molecule has 0 unspecified atom stereocenters. The van der Waals surface area contributed by atoms with E-state index >= 15 is 0 Å². The van der Waals surface area contributed by atoms with Gasteiger partial charge in [0.05, 0.1) is 30.0 Å². The summed E-state index contributed by atoms with van der Waals surface area (Å²) in [5, 5.41) is 3.93. The van der Waals surface area contributed by atoms with Crippen LogP contribution < -0.4 is 9.80 Å². The van der Waals surface area contributed by atoms with E-state index in [-0.39, 0.29) is 11.1 Å². The molecule has 0 atom stereocenters. The fourth-order valence-corrected chi connectivity index (χ4v) is 4.48. The van der Waals surface area contributed by atoms with Gasteiger partial charge in [0, 0.05) is 31.6 Å². The van der Waals surface area contributed by atoms with Crippen LogP contribution in [0, 0.1) is 12.3 Å². The fourth-order valence-electron chi connectivity index (χ4n) is 4.48. The van der Waals surface area contributed by atoms with Crippen LogP contribution in [0.2, 0.25) is 0 Å². The highest BCUT2D eigenvalue weighted by Gasteiger charge is 2.48. The molecular weight excluding hydrogens is 454 g/mol. The van der Waals surface area contributed by atoms with E-state index in [9.17, 15) is 26.3 Å². The Morgan fingerprint density at radius 2 is 1.61 bits per heavy atom. The molecule has 5 heterocycles. The van der Waals surface area contributed by atoms with E-state index in [2.05, 4.69) is 25.0 Å². The molecule has 2 saturated heterocycles. The van der Waals surface area contributed by atoms with E-state index in [4.69, 9.17) is 0 Å². The first-order valence-corrected chi connectivity index (χ1v) is 10.1. The Balaban J connectivity index is 1.29. The van der Waals surface area contributed by atoms with E-state index in [1.54, 1.807) is 6.92 Å². The molecule has 1 spiro atoms. The molecule has 0 radical (unpaired) electrons. The normalized spacial score (nSPS) is 18.4. The van der Waals surface area contributed by atoms with Crippen molar-refractivity contribution in [3.05, 3.63) is 30.1 Å². The summed E-state index contributed by atoms with van der Waals surface area (Å²) in [4.78, 5) is 19.4. The molecule has 0 aromatic carbocycles. The minimum absolute atomic E-state index is 0.0837. The lowest BCUT2D eigenvalue weighted by Crippen LogP contribution is -2.57. The first-order chi connectivity index (χ1) is 15.4. The van der Waals surface area contributed by atoms with Crippen LogP contribution in [0.3, 0.4) is 0 Å². The summed E-state index contributed by atoms with van der Waals surface area (Å²) < 4.78 is 77.5. The highest BCUT2D eigenvalue weighted by atomic mass is 19.4. The topological polar surface area (TPSA) is 75.9 Å². The van der Waals surface area contributed by atoms with Crippen molar-refractivity contribution in [1.82, 2.24) is 29.7 Å². The molecule has 0 saturated carbocycles. The summed E-state index contributed by atoms with van der Waals surface area (Å²) in [5.41, 5.74) is 1.20. The Labute approximate surface area is 183 Å². The van der Waals surface area contributed by atoms with Crippen LogP contribution in [0.5, 0.6) is 0 Å². The zero-order valence-corrected chi connectivity index (χ0v) is 17.3. The summed E-state index contributed by atoms with van der Waals surface area (Å²) in [6.07, 6.45) is -4.34. The van der Waals surface area contributed by atoms with Crippen LogP contribution in [0.25, 0.3) is 11.2 Å².